The lowest BCUT2D eigenvalue weighted by Gasteiger charge is -2.29. The van der Waals surface area contributed by atoms with Crippen LogP contribution >= 0.6 is 0 Å². The molecular formula is C16H18O. The van der Waals surface area contributed by atoms with Crippen molar-refractivity contribution in [2.45, 2.75) is 43.3 Å². The molecule has 3 aliphatic rings. The van der Waals surface area contributed by atoms with E-state index >= 15 is 0 Å². The average molecular weight is 226 g/mol. The fraction of sp³-hybridized carbons (Fsp3) is 0.500. The summed E-state index contributed by atoms with van der Waals surface area (Å²) in [6, 6.07) is 11.0. The molecule has 1 saturated carbocycles. The lowest BCUT2D eigenvalue weighted by atomic mass is 9.78. The summed E-state index contributed by atoms with van der Waals surface area (Å²) >= 11 is 0. The largest absolute Gasteiger partial charge is 0.366 e. The van der Waals surface area contributed by atoms with Crippen LogP contribution in [0.4, 0.5) is 0 Å². The van der Waals surface area contributed by atoms with Crippen molar-refractivity contribution in [1.29, 1.82) is 0 Å². The summed E-state index contributed by atoms with van der Waals surface area (Å²) in [5.41, 5.74) is 1.66. The van der Waals surface area contributed by atoms with E-state index in [0.717, 1.165) is 12.3 Å². The molecule has 1 aromatic rings. The zero-order valence-electron chi connectivity index (χ0n) is 10.0. The molecule has 4 rings (SSSR count). The minimum Gasteiger partial charge on any atom is -0.366 e. The van der Waals surface area contributed by atoms with Gasteiger partial charge >= 0.3 is 0 Å². The average Bonchev–Trinajstić information content (AvgIpc) is 2.83. The lowest BCUT2D eigenvalue weighted by molar-refractivity contribution is -0.0389. The van der Waals surface area contributed by atoms with Gasteiger partial charge in [0.15, 0.2) is 0 Å². The van der Waals surface area contributed by atoms with E-state index in [1.165, 1.54) is 24.8 Å². The van der Waals surface area contributed by atoms with Crippen LogP contribution < -0.4 is 0 Å². The molecule has 1 aromatic carbocycles. The molecule has 17 heavy (non-hydrogen) atoms. The molecular weight excluding hydrogens is 208 g/mol. The molecule has 4 atom stereocenters. The fourth-order valence-corrected chi connectivity index (χ4v) is 4.26. The molecule has 0 aromatic heterocycles. The highest BCUT2D eigenvalue weighted by molar-refractivity contribution is 5.30. The number of hydrogen-bond acceptors (Lipinski definition) is 1. The molecule has 2 heterocycles. The van der Waals surface area contributed by atoms with Gasteiger partial charge in [0.1, 0.15) is 0 Å². The van der Waals surface area contributed by atoms with Gasteiger partial charge in [0, 0.05) is 5.92 Å². The summed E-state index contributed by atoms with van der Waals surface area (Å²) in [5.74, 6) is 1.34. The zero-order chi connectivity index (χ0) is 11.3. The Hall–Kier alpha value is -1.08. The second-order valence-corrected chi connectivity index (χ2v) is 5.71. The summed E-state index contributed by atoms with van der Waals surface area (Å²) in [6.07, 6.45) is 10.1. The van der Waals surface area contributed by atoms with E-state index in [1.54, 1.807) is 0 Å². The van der Waals surface area contributed by atoms with E-state index in [4.69, 9.17) is 4.74 Å². The topological polar surface area (TPSA) is 9.23 Å². The van der Waals surface area contributed by atoms with E-state index in [0.29, 0.717) is 12.0 Å². The van der Waals surface area contributed by atoms with Gasteiger partial charge in [0.05, 0.1) is 11.7 Å². The Morgan fingerprint density at radius 3 is 2.94 bits per heavy atom. The standard InChI is InChI=1S/C16H18O/c1-2-6-12(7-3-1)15-13-8-4-10-16(13)11-5-9-14(15)17-16/h1-3,5-7,9,13-15H,4,8,10-11H2/t13-,14-,15+,16+/m0/s1. The first kappa shape index (κ1) is 9.90. The molecule has 0 unspecified atom stereocenters. The number of hydrogen-bond donors (Lipinski definition) is 0. The Labute approximate surface area is 102 Å². The van der Waals surface area contributed by atoms with Crippen LogP contribution in [0, 0.1) is 5.92 Å². The monoisotopic (exact) mass is 226 g/mol. The lowest BCUT2D eigenvalue weighted by Crippen LogP contribution is -2.32. The van der Waals surface area contributed by atoms with Gasteiger partial charge in [-0.05, 0) is 30.7 Å². The van der Waals surface area contributed by atoms with Crippen LogP contribution in [0.5, 0.6) is 0 Å². The molecule has 1 heteroatoms. The molecule has 0 amide bonds. The van der Waals surface area contributed by atoms with E-state index in [2.05, 4.69) is 42.5 Å². The highest BCUT2D eigenvalue weighted by atomic mass is 16.5. The summed E-state index contributed by atoms with van der Waals surface area (Å²) in [6.45, 7) is 0. The van der Waals surface area contributed by atoms with Crippen LogP contribution in [0.25, 0.3) is 0 Å². The quantitative estimate of drug-likeness (QED) is 0.664. The third-order valence-corrected chi connectivity index (χ3v) is 4.92. The molecule has 88 valence electrons. The third-order valence-electron chi connectivity index (χ3n) is 4.92. The molecule has 1 spiro atoms. The molecule has 0 N–H and O–H groups in total. The molecule has 2 fully saturated rings. The maximum absolute atomic E-state index is 6.39. The minimum atomic E-state index is 0.194. The van der Waals surface area contributed by atoms with Crippen LogP contribution in [0.15, 0.2) is 42.5 Å². The molecule has 2 bridgehead atoms. The van der Waals surface area contributed by atoms with Gasteiger partial charge in [-0.25, -0.2) is 0 Å². The molecule has 1 aliphatic carbocycles. The summed E-state index contributed by atoms with van der Waals surface area (Å²) in [7, 11) is 0. The zero-order valence-corrected chi connectivity index (χ0v) is 10.0. The van der Waals surface area contributed by atoms with Crippen molar-refractivity contribution in [3.63, 3.8) is 0 Å². The van der Waals surface area contributed by atoms with Crippen LogP contribution in [0.3, 0.4) is 0 Å². The van der Waals surface area contributed by atoms with Crippen molar-refractivity contribution in [3.05, 3.63) is 48.0 Å². The smallest absolute Gasteiger partial charge is 0.0835 e. The van der Waals surface area contributed by atoms with Gasteiger partial charge in [-0.1, -0.05) is 48.9 Å². The highest BCUT2D eigenvalue weighted by Gasteiger charge is 2.57. The van der Waals surface area contributed by atoms with Crippen LogP contribution in [0.2, 0.25) is 0 Å². The summed E-state index contributed by atoms with van der Waals surface area (Å²) in [4.78, 5) is 0. The maximum atomic E-state index is 6.39. The Bertz CT molecular complexity index is 450. The number of fused-ring (bicyclic) bond motifs is 1. The van der Waals surface area contributed by atoms with E-state index in [1.807, 2.05) is 0 Å². The Balaban J connectivity index is 1.79. The van der Waals surface area contributed by atoms with Crippen molar-refractivity contribution in [1.82, 2.24) is 0 Å². The van der Waals surface area contributed by atoms with Gasteiger partial charge in [0.25, 0.3) is 0 Å². The minimum absolute atomic E-state index is 0.194. The van der Waals surface area contributed by atoms with Crippen LogP contribution in [0.1, 0.15) is 37.2 Å². The molecule has 0 radical (unpaired) electrons. The second-order valence-electron chi connectivity index (χ2n) is 5.71. The molecule has 2 aliphatic heterocycles. The van der Waals surface area contributed by atoms with Crippen molar-refractivity contribution in [3.8, 4) is 0 Å². The Kier molecular flexibility index (Phi) is 2.01. The first-order chi connectivity index (χ1) is 8.39. The van der Waals surface area contributed by atoms with Gasteiger partial charge in [-0.3, -0.25) is 0 Å². The predicted octanol–water partition coefficient (Wildman–Crippen LogP) is 3.67. The predicted molar refractivity (Wildman–Crippen MR) is 67.9 cm³/mol. The Morgan fingerprint density at radius 2 is 2.06 bits per heavy atom. The molecule has 1 nitrogen and oxygen atoms in total. The SMILES string of the molecule is C1=C[C@@H]2O[C@@]3(C1)CCC[C@H]3[C@H]2c1ccccc1. The second kappa shape index (κ2) is 3.46. The van der Waals surface area contributed by atoms with Crippen molar-refractivity contribution >= 4 is 0 Å². The number of rotatable bonds is 1. The maximum Gasteiger partial charge on any atom is 0.0835 e. The van der Waals surface area contributed by atoms with Crippen LogP contribution in [-0.4, -0.2) is 11.7 Å². The van der Waals surface area contributed by atoms with E-state index < -0.39 is 0 Å². The fourth-order valence-electron chi connectivity index (χ4n) is 4.26. The van der Waals surface area contributed by atoms with Crippen molar-refractivity contribution < 1.29 is 4.74 Å². The summed E-state index contributed by atoms with van der Waals surface area (Å²) in [5, 5.41) is 0. The normalized spacial score (nSPS) is 42.7. The van der Waals surface area contributed by atoms with E-state index in [9.17, 15) is 0 Å². The first-order valence-corrected chi connectivity index (χ1v) is 6.78. The van der Waals surface area contributed by atoms with Crippen molar-refractivity contribution in [2.75, 3.05) is 0 Å². The molecule has 1 saturated heterocycles. The number of ether oxygens (including phenoxy) is 1. The van der Waals surface area contributed by atoms with Gasteiger partial charge in [0.2, 0.25) is 0 Å². The number of benzene rings is 1. The summed E-state index contributed by atoms with van der Waals surface area (Å²) < 4.78 is 6.39. The van der Waals surface area contributed by atoms with Crippen molar-refractivity contribution in [2.24, 2.45) is 5.92 Å². The van der Waals surface area contributed by atoms with Gasteiger partial charge in [-0.2, -0.15) is 0 Å². The van der Waals surface area contributed by atoms with E-state index in [-0.39, 0.29) is 5.60 Å². The Morgan fingerprint density at radius 1 is 1.18 bits per heavy atom. The van der Waals surface area contributed by atoms with Crippen LogP contribution in [-0.2, 0) is 4.74 Å². The van der Waals surface area contributed by atoms with Gasteiger partial charge in [-0.15, -0.1) is 0 Å². The highest BCUT2D eigenvalue weighted by Crippen LogP contribution is 2.58. The third kappa shape index (κ3) is 1.29. The first-order valence-electron chi connectivity index (χ1n) is 6.78. The van der Waals surface area contributed by atoms with Gasteiger partial charge < -0.3 is 4.74 Å².